The first-order valence-corrected chi connectivity index (χ1v) is 3.45. The fraction of sp³-hybridized carbons (Fsp3) is 0.111. The minimum atomic E-state index is 0.290. The van der Waals surface area contributed by atoms with E-state index in [9.17, 15) is 0 Å². The number of oxime groups is 1. The molecule has 0 heterocycles. The van der Waals surface area contributed by atoms with Gasteiger partial charge in [-0.3, -0.25) is 0 Å². The van der Waals surface area contributed by atoms with E-state index in [4.69, 9.17) is 5.26 Å². The van der Waals surface area contributed by atoms with Gasteiger partial charge in [0.05, 0.1) is 0 Å². The molecule has 0 aliphatic carbocycles. The molecule has 60 valence electrons. The van der Waals surface area contributed by atoms with Gasteiger partial charge in [0, 0.05) is 5.56 Å². The van der Waals surface area contributed by atoms with Crippen LogP contribution in [0.25, 0.3) is 0 Å². The molecule has 0 radical (unpaired) electrons. The molecular weight excluding hydrogens is 152 g/mol. The van der Waals surface area contributed by atoms with Crippen molar-refractivity contribution in [3.8, 4) is 6.07 Å². The van der Waals surface area contributed by atoms with Gasteiger partial charge in [-0.1, -0.05) is 35.5 Å². The van der Waals surface area contributed by atoms with Gasteiger partial charge in [-0.2, -0.15) is 5.26 Å². The highest BCUT2D eigenvalue weighted by Crippen LogP contribution is 2.00. The molecule has 0 amide bonds. The van der Waals surface area contributed by atoms with Gasteiger partial charge in [-0.25, -0.2) is 0 Å². The van der Waals surface area contributed by atoms with Crippen molar-refractivity contribution in [2.24, 2.45) is 5.16 Å². The van der Waals surface area contributed by atoms with E-state index in [1.807, 2.05) is 24.3 Å². The Balaban J connectivity index is 2.98. The minimum Gasteiger partial charge on any atom is -0.398 e. The molecule has 0 spiro atoms. The average Bonchev–Trinajstić information content (AvgIpc) is 2.15. The van der Waals surface area contributed by atoms with E-state index in [0.717, 1.165) is 5.56 Å². The summed E-state index contributed by atoms with van der Waals surface area (Å²) in [6, 6.07) is 11.1. The number of nitriles is 1. The third-order valence-electron chi connectivity index (χ3n) is 1.34. The molecule has 0 bridgehead atoms. The lowest BCUT2D eigenvalue weighted by atomic mass is 10.1. The van der Waals surface area contributed by atoms with E-state index in [-0.39, 0.29) is 5.71 Å². The molecule has 0 aliphatic heterocycles. The Bertz CT molecular complexity index is 311. The van der Waals surface area contributed by atoms with Crippen molar-refractivity contribution in [3.05, 3.63) is 35.9 Å². The zero-order valence-electron chi connectivity index (χ0n) is 6.69. The Hall–Kier alpha value is -1.82. The maximum absolute atomic E-state index is 8.65. The van der Waals surface area contributed by atoms with E-state index in [1.54, 1.807) is 12.1 Å². The zero-order valence-corrected chi connectivity index (χ0v) is 6.69. The van der Waals surface area contributed by atoms with E-state index >= 15 is 0 Å². The Morgan fingerprint density at radius 2 is 2.08 bits per heavy atom. The molecule has 0 aromatic heterocycles. The first-order valence-electron chi connectivity index (χ1n) is 3.45. The van der Waals surface area contributed by atoms with Gasteiger partial charge in [-0.15, -0.1) is 0 Å². The standard InChI is InChI=1S/C9H8N2O/c1-12-11-9(7-10)8-5-3-2-4-6-8/h2-6H,1H3. The molecule has 1 aromatic rings. The summed E-state index contributed by atoms with van der Waals surface area (Å²) >= 11 is 0. The van der Waals surface area contributed by atoms with Gasteiger partial charge >= 0.3 is 0 Å². The molecule has 0 atom stereocenters. The van der Waals surface area contributed by atoms with Gasteiger partial charge in [0.2, 0.25) is 0 Å². The second-order valence-corrected chi connectivity index (χ2v) is 2.10. The Morgan fingerprint density at radius 1 is 1.42 bits per heavy atom. The predicted octanol–water partition coefficient (Wildman–Crippen LogP) is 1.56. The normalized spacial score (nSPS) is 10.5. The molecule has 3 heteroatoms. The second kappa shape index (κ2) is 4.14. The van der Waals surface area contributed by atoms with Crippen molar-refractivity contribution >= 4 is 5.71 Å². The summed E-state index contributed by atoms with van der Waals surface area (Å²) in [6.45, 7) is 0. The second-order valence-electron chi connectivity index (χ2n) is 2.10. The lowest BCUT2D eigenvalue weighted by Crippen LogP contribution is -1.96. The molecule has 0 aliphatic rings. The highest BCUT2D eigenvalue weighted by Gasteiger charge is 1.99. The summed E-state index contributed by atoms with van der Waals surface area (Å²) in [4.78, 5) is 4.51. The number of nitrogens with zero attached hydrogens (tertiary/aromatic N) is 2. The topological polar surface area (TPSA) is 45.4 Å². The monoisotopic (exact) mass is 160 g/mol. The van der Waals surface area contributed by atoms with Gasteiger partial charge in [0.1, 0.15) is 13.2 Å². The minimum absolute atomic E-state index is 0.290. The van der Waals surface area contributed by atoms with Crippen molar-refractivity contribution in [1.82, 2.24) is 0 Å². The van der Waals surface area contributed by atoms with Crippen molar-refractivity contribution in [3.63, 3.8) is 0 Å². The van der Waals surface area contributed by atoms with E-state index < -0.39 is 0 Å². The Labute approximate surface area is 70.9 Å². The van der Waals surface area contributed by atoms with Crippen LogP contribution < -0.4 is 0 Å². The maximum atomic E-state index is 8.65. The molecule has 0 fully saturated rings. The van der Waals surface area contributed by atoms with Crippen LogP contribution in [0.3, 0.4) is 0 Å². The highest BCUT2D eigenvalue weighted by molar-refractivity contribution is 6.11. The highest BCUT2D eigenvalue weighted by atomic mass is 16.6. The first kappa shape index (κ1) is 8.28. The fourth-order valence-electron chi connectivity index (χ4n) is 0.825. The van der Waals surface area contributed by atoms with Crippen LogP contribution in [0.4, 0.5) is 0 Å². The largest absolute Gasteiger partial charge is 0.398 e. The molecule has 0 unspecified atom stereocenters. The number of hydrogen-bond acceptors (Lipinski definition) is 3. The van der Waals surface area contributed by atoms with E-state index in [1.165, 1.54) is 7.11 Å². The third-order valence-corrected chi connectivity index (χ3v) is 1.34. The Morgan fingerprint density at radius 3 is 2.58 bits per heavy atom. The summed E-state index contributed by atoms with van der Waals surface area (Å²) < 4.78 is 0. The average molecular weight is 160 g/mol. The van der Waals surface area contributed by atoms with Crippen molar-refractivity contribution in [1.29, 1.82) is 5.26 Å². The molecule has 1 rings (SSSR count). The lowest BCUT2D eigenvalue weighted by molar-refractivity contribution is 0.214. The van der Waals surface area contributed by atoms with Crippen LogP contribution in [0.2, 0.25) is 0 Å². The molecule has 1 aromatic carbocycles. The first-order chi connectivity index (χ1) is 5.88. The van der Waals surface area contributed by atoms with Crippen LogP contribution >= 0.6 is 0 Å². The quantitative estimate of drug-likeness (QED) is 0.486. The fourth-order valence-corrected chi connectivity index (χ4v) is 0.825. The van der Waals surface area contributed by atoms with Crippen LogP contribution in [-0.4, -0.2) is 12.8 Å². The smallest absolute Gasteiger partial charge is 0.186 e. The predicted molar refractivity (Wildman–Crippen MR) is 45.6 cm³/mol. The van der Waals surface area contributed by atoms with Gasteiger partial charge in [0.15, 0.2) is 5.71 Å². The molecule has 0 saturated heterocycles. The summed E-state index contributed by atoms with van der Waals surface area (Å²) in [5.74, 6) is 0. The number of benzene rings is 1. The third kappa shape index (κ3) is 1.83. The molecule has 0 saturated carbocycles. The van der Waals surface area contributed by atoms with Crippen molar-refractivity contribution < 1.29 is 4.84 Å². The number of rotatable bonds is 2. The molecule has 12 heavy (non-hydrogen) atoms. The van der Waals surface area contributed by atoms with Gasteiger partial charge in [0.25, 0.3) is 0 Å². The van der Waals surface area contributed by atoms with Crippen LogP contribution in [-0.2, 0) is 4.84 Å². The van der Waals surface area contributed by atoms with Crippen molar-refractivity contribution in [2.45, 2.75) is 0 Å². The van der Waals surface area contributed by atoms with Crippen LogP contribution in [0.1, 0.15) is 5.56 Å². The lowest BCUT2D eigenvalue weighted by Gasteiger charge is -1.94. The summed E-state index contributed by atoms with van der Waals surface area (Å²) in [7, 11) is 1.42. The molecule has 3 nitrogen and oxygen atoms in total. The Kier molecular flexibility index (Phi) is 2.86. The summed E-state index contributed by atoms with van der Waals surface area (Å²) in [6.07, 6.45) is 0. The molecular formula is C9H8N2O. The van der Waals surface area contributed by atoms with Crippen LogP contribution in [0.15, 0.2) is 35.5 Å². The SMILES string of the molecule is CON=C(C#N)c1ccccc1. The van der Waals surface area contributed by atoms with E-state index in [0.29, 0.717) is 0 Å². The number of hydrogen-bond donors (Lipinski definition) is 0. The summed E-state index contributed by atoms with van der Waals surface area (Å²) in [5.41, 5.74) is 1.06. The van der Waals surface area contributed by atoms with E-state index in [2.05, 4.69) is 9.99 Å². The van der Waals surface area contributed by atoms with Crippen molar-refractivity contribution in [2.75, 3.05) is 7.11 Å². The summed E-state index contributed by atoms with van der Waals surface area (Å²) in [5, 5.41) is 12.2. The molecule has 0 N–H and O–H groups in total. The van der Waals surface area contributed by atoms with Gasteiger partial charge in [-0.05, 0) is 0 Å². The maximum Gasteiger partial charge on any atom is 0.186 e. The van der Waals surface area contributed by atoms with Gasteiger partial charge < -0.3 is 4.84 Å². The van der Waals surface area contributed by atoms with Crippen LogP contribution in [0.5, 0.6) is 0 Å². The zero-order chi connectivity index (χ0) is 8.81. The van der Waals surface area contributed by atoms with Crippen LogP contribution in [0, 0.1) is 11.3 Å².